The minimum atomic E-state index is -0.939. The molecule has 156 valence electrons. The number of aliphatic hydroxyl groups excluding tert-OH is 1. The Hall–Kier alpha value is -2.36. The molecule has 0 saturated carbocycles. The molecular weight excluding hydrogens is 364 g/mol. The van der Waals surface area contributed by atoms with Crippen molar-refractivity contribution in [3.05, 3.63) is 59.9 Å². The first-order valence-electron chi connectivity index (χ1n) is 10.6. The maximum atomic E-state index is 12.7. The summed E-state index contributed by atoms with van der Waals surface area (Å²) in [6, 6.07) is 0. The van der Waals surface area contributed by atoms with Crippen LogP contribution < -0.4 is 0 Å². The summed E-state index contributed by atoms with van der Waals surface area (Å²) in [5, 5.41) is 11.1. The Balaban J connectivity index is 2.01. The molecule has 2 aliphatic carbocycles. The van der Waals surface area contributed by atoms with E-state index in [0.29, 0.717) is 5.92 Å². The lowest BCUT2D eigenvalue weighted by Crippen LogP contribution is -2.37. The van der Waals surface area contributed by atoms with Crippen LogP contribution in [0.15, 0.2) is 59.9 Å². The van der Waals surface area contributed by atoms with Gasteiger partial charge in [0.15, 0.2) is 5.78 Å². The van der Waals surface area contributed by atoms with Crippen LogP contribution in [-0.4, -0.2) is 23.0 Å². The van der Waals surface area contributed by atoms with Gasteiger partial charge in [-0.2, -0.15) is 0 Å². The third-order valence-electron chi connectivity index (χ3n) is 6.53. The summed E-state index contributed by atoms with van der Waals surface area (Å²) >= 11 is 0. The molecule has 3 aliphatic rings. The van der Waals surface area contributed by atoms with Gasteiger partial charge in [0.25, 0.3) is 0 Å². The summed E-state index contributed by atoms with van der Waals surface area (Å²) in [6.07, 6.45) is 17.2. The number of ether oxygens (including phenoxy) is 1. The lowest BCUT2D eigenvalue weighted by Gasteiger charge is -2.43. The smallest absolute Gasteiger partial charge is 0.317 e. The number of carbonyl (C=O) groups is 2. The van der Waals surface area contributed by atoms with Crippen molar-refractivity contribution in [2.45, 2.75) is 46.6 Å². The van der Waals surface area contributed by atoms with E-state index in [-0.39, 0.29) is 29.4 Å². The van der Waals surface area contributed by atoms with Crippen LogP contribution in [0.4, 0.5) is 0 Å². The molecule has 3 rings (SSSR count). The van der Waals surface area contributed by atoms with E-state index >= 15 is 0 Å². The highest BCUT2D eigenvalue weighted by molar-refractivity contribution is 6.04. The second-order valence-corrected chi connectivity index (χ2v) is 8.77. The largest absolute Gasteiger partial charge is 0.512 e. The van der Waals surface area contributed by atoms with E-state index in [4.69, 9.17) is 4.74 Å². The highest BCUT2D eigenvalue weighted by atomic mass is 16.5. The molecule has 0 bridgehead atoms. The van der Waals surface area contributed by atoms with Crippen LogP contribution in [0.5, 0.6) is 0 Å². The summed E-state index contributed by atoms with van der Waals surface area (Å²) in [4.78, 5) is 25.0. The van der Waals surface area contributed by atoms with E-state index < -0.39 is 23.8 Å². The number of fused-ring (bicyclic) bond motifs is 3. The first-order valence-corrected chi connectivity index (χ1v) is 10.6. The lowest BCUT2D eigenvalue weighted by atomic mass is 9.62. The maximum absolute atomic E-state index is 12.7. The fraction of sp³-hybridized carbons (Fsp3) is 0.520. The minimum Gasteiger partial charge on any atom is -0.512 e. The summed E-state index contributed by atoms with van der Waals surface area (Å²) in [5.74, 6) is -1.07. The summed E-state index contributed by atoms with van der Waals surface area (Å²) in [7, 11) is 0. The van der Waals surface area contributed by atoms with Crippen molar-refractivity contribution in [1.82, 2.24) is 0 Å². The lowest BCUT2D eigenvalue weighted by molar-refractivity contribution is -0.152. The maximum Gasteiger partial charge on any atom is 0.317 e. The topological polar surface area (TPSA) is 63.6 Å². The summed E-state index contributed by atoms with van der Waals surface area (Å²) in [5.41, 5.74) is 1.37. The first-order chi connectivity index (χ1) is 13.8. The molecule has 0 fully saturated rings. The van der Waals surface area contributed by atoms with Crippen molar-refractivity contribution in [1.29, 1.82) is 0 Å². The molecule has 0 spiro atoms. The molecule has 0 aromatic rings. The fourth-order valence-corrected chi connectivity index (χ4v) is 4.73. The number of allylic oxidation sites excluding steroid dienone is 9. The number of carbonyl (C=O) groups excluding carboxylic acids is 2. The van der Waals surface area contributed by atoms with Crippen LogP contribution in [0.3, 0.4) is 0 Å². The highest BCUT2D eigenvalue weighted by Gasteiger charge is 2.41. The quantitative estimate of drug-likeness (QED) is 0.351. The van der Waals surface area contributed by atoms with E-state index in [1.165, 1.54) is 18.6 Å². The van der Waals surface area contributed by atoms with Crippen LogP contribution in [0.25, 0.3) is 0 Å². The van der Waals surface area contributed by atoms with Crippen molar-refractivity contribution in [3.8, 4) is 0 Å². The second kappa shape index (κ2) is 8.98. The molecule has 1 aliphatic heterocycles. The van der Waals surface area contributed by atoms with Gasteiger partial charge in [0, 0.05) is 12.0 Å². The zero-order chi connectivity index (χ0) is 21.1. The van der Waals surface area contributed by atoms with Crippen molar-refractivity contribution in [2.24, 2.45) is 35.5 Å². The number of ketones is 1. The number of hydrogen-bond acceptors (Lipinski definition) is 4. The molecule has 0 aromatic heterocycles. The van der Waals surface area contributed by atoms with Crippen LogP contribution in [-0.2, 0) is 14.3 Å². The number of cyclic esters (lactones) is 1. The third kappa shape index (κ3) is 4.80. The average molecular weight is 397 g/mol. The van der Waals surface area contributed by atoms with Gasteiger partial charge < -0.3 is 9.84 Å². The van der Waals surface area contributed by atoms with Gasteiger partial charge in [0.1, 0.15) is 12.0 Å². The van der Waals surface area contributed by atoms with Crippen molar-refractivity contribution in [2.75, 3.05) is 0 Å². The van der Waals surface area contributed by atoms with Gasteiger partial charge in [-0.3, -0.25) is 9.59 Å². The number of rotatable bonds is 0. The van der Waals surface area contributed by atoms with Crippen LogP contribution in [0, 0.1) is 35.5 Å². The van der Waals surface area contributed by atoms with E-state index in [2.05, 4.69) is 38.2 Å². The molecule has 29 heavy (non-hydrogen) atoms. The Labute approximate surface area is 173 Å². The summed E-state index contributed by atoms with van der Waals surface area (Å²) in [6.45, 7) is 7.59. The molecule has 1 heterocycles. The van der Waals surface area contributed by atoms with E-state index in [9.17, 15) is 14.7 Å². The van der Waals surface area contributed by atoms with Gasteiger partial charge >= 0.3 is 5.97 Å². The number of esters is 1. The van der Waals surface area contributed by atoms with Gasteiger partial charge in [-0.1, -0.05) is 49.0 Å². The normalized spacial score (nSPS) is 39.4. The zero-order valence-corrected chi connectivity index (χ0v) is 17.7. The van der Waals surface area contributed by atoms with Crippen LogP contribution >= 0.6 is 0 Å². The van der Waals surface area contributed by atoms with Gasteiger partial charge in [-0.25, -0.2) is 0 Å². The summed E-state index contributed by atoms with van der Waals surface area (Å²) < 4.78 is 5.33. The standard InChI is InChI=1S/C25H32O4/c1-15-9-11-21-19(13-15)10-12-20-16(2)7-5-6-8-17(3)29-25(28)18(4)22(26)14-23(27)24(20)21/h5-10,12,14,16-21,24,27H,11,13H2,1-4H3/b7-5?,8-6+,23-14?/t16-,17-,18-,19+,20-,21+,24+/m1/s1. The molecule has 0 unspecified atom stereocenters. The molecule has 0 aromatic carbocycles. The molecule has 1 N–H and O–H groups in total. The first kappa shape index (κ1) is 21.4. The molecule has 0 saturated heterocycles. The average Bonchev–Trinajstić information content (AvgIpc) is 2.68. The van der Waals surface area contributed by atoms with Crippen molar-refractivity contribution >= 4 is 11.8 Å². The van der Waals surface area contributed by atoms with E-state index in [1.54, 1.807) is 13.0 Å². The van der Waals surface area contributed by atoms with E-state index in [1.807, 2.05) is 12.2 Å². The Bertz CT molecular complexity index is 798. The van der Waals surface area contributed by atoms with E-state index in [0.717, 1.165) is 12.8 Å². The third-order valence-corrected chi connectivity index (χ3v) is 6.53. The minimum absolute atomic E-state index is 0.0906. The monoisotopic (exact) mass is 396 g/mol. The molecule has 0 amide bonds. The van der Waals surface area contributed by atoms with Crippen LogP contribution in [0.1, 0.15) is 40.5 Å². The molecule has 4 nitrogen and oxygen atoms in total. The van der Waals surface area contributed by atoms with Crippen molar-refractivity contribution in [3.63, 3.8) is 0 Å². The Morgan fingerprint density at radius 1 is 1.03 bits per heavy atom. The Morgan fingerprint density at radius 3 is 2.52 bits per heavy atom. The van der Waals surface area contributed by atoms with Crippen molar-refractivity contribution < 1.29 is 19.4 Å². The second-order valence-electron chi connectivity index (χ2n) is 8.77. The number of aliphatic hydroxyl groups is 1. The Kier molecular flexibility index (Phi) is 6.61. The predicted octanol–water partition coefficient (Wildman–Crippen LogP) is 5.10. The molecule has 7 atom stereocenters. The molecular formula is C25H32O4. The Morgan fingerprint density at radius 2 is 1.76 bits per heavy atom. The fourth-order valence-electron chi connectivity index (χ4n) is 4.73. The van der Waals surface area contributed by atoms with Gasteiger partial charge in [-0.05, 0) is 63.4 Å². The zero-order valence-electron chi connectivity index (χ0n) is 17.7. The predicted molar refractivity (Wildman–Crippen MR) is 114 cm³/mol. The SMILES string of the molecule is CC1=CC[C@@H]2[C@H]3C(O)=CC(=O)[C@@H](C)C(=O)O[C@H](C)/C=C/C=C[C@@H](C)[C@H]3C=C[C@H]2C1. The number of hydrogen-bond donors (Lipinski definition) is 1. The highest BCUT2D eigenvalue weighted by Crippen LogP contribution is 2.47. The molecule has 4 heteroatoms. The van der Waals surface area contributed by atoms with Gasteiger partial charge in [0.05, 0.1) is 5.76 Å². The van der Waals surface area contributed by atoms with Crippen LogP contribution in [0.2, 0.25) is 0 Å². The van der Waals surface area contributed by atoms with Gasteiger partial charge in [-0.15, -0.1) is 0 Å². The van der Waals surface area contributed by atoms with Gasteiger partial charge in [0.2, 0.25) is 0 Å². The molecule has 0 radical (unpaired) electrons.